The molecular weight excluding hydrogens is 360 g/mol. The lowest BCUT2D eigenvalue weighted by atomic mass is 9.73. The number of benzene rings is 3. The Balaban J connectivity index is 1.82. The first kappa shape index (κ1) is 17.7. The molecule has 0 amide bonds. The fraction of sp³-hybridized carbons (Fsp3) is 0.192. The number of fused-ring (bicyclic) bond motifs is 5. The van der Waals surface area contributed by atoms with Gasteiger partial charge in [-0.1, -0.05) is 78.9 Å². The Morgan fingerprint density at radius 1 is 0.897 bits per heavy atom. The standard InChI is InChI=1S/C26H22O3/c1-3-28-25(27)23-17(2)29-26(24(23)18-11-5-4-6-12-18)21-15-9-7-13-19(21)20-14-8-10-16-22(20)26/h4-16,24H,3H2,1-2H3. The van der Waals surface area contributed by atoms with E-state index < -0.39 is 5.60 Å². The molecule has 144 valence electrons. The largest absolute Gasteiger partial charge is 0.481 e. The van der Waals surface area contributed by atoms with Crippen molar-refractivity contribution in [3.63, 3.8) is 0 Å². The molecule has 3 aromatic rings. The maximum Gasteiger partial charge on any atom is 0.338 e. The predicted molar refractivity (Wildman–Crippen MR) is 112 cm³/mol. The van der Waals surface area contributed by atoms with Crippen molar-refractivity contribution < 1.29 is 14.3 Å². The Morgan fingerprint density at radius 2 is 1.45 bits per heavy atom. The van der Waals surface area contributed by atoms with Crippen LogP contribution >= 0.6 is 0 Å². The molecule has 29 heavy (non-hydrogen) atoms. The molecule has 1 atom stereocenters. The summed E-state index contributed by atoms with van der Waals surface area (Å²) in [6.45, 7) is 4.04. The third-order valence-corrected chi connectivity index (χ3v) is 5.96. The lowest BCUT2D eigenvalue weighted by molar-refractivity contribution is -0.138. The minimum Gasteiger partial charge on any atom is -0.481 e. The molecule has 1 aliphatic heterocycles. The molecule has 2 aliphatic rings. The van der Waals surface area contributed by atoms with E-state index in [0.717, 1.165) is 27.8 Å². The van der Waals surface area contributed by atoms with Crippen molar-refractivity contribution >= 4 is 5.97 Å². The number of rotatable bonds is 3. The first-order chi connectivity index (χ1) is 14.2. The summed E-state index contributed by atoms with van der Waals surface area (Å²) in [5.41, 5.74) is 5.36. The van der Waals surface area contributed by atoms with Crippen LogP contribution in [0.3, 0.4) is 0 Å². The Hall–Kier alpha value is -3.33. The second kappa shape index (κ2) is 6.63. The molecule has 1 unspecified atom stereocenters. The summed E-state index contributed by atoms with van der Waals surface area (Å²) >= 11 is 0. The van der Waals surface area contributed by atoms with Gasteiger partial charge in [0.1, 0.15) is 5.76 Å². The molecule has 3 aromatic carbocycles. The highest BCUT2D eigenvalue weighted by Gasteiger charge is 2.58. The van der Waals surface area contributed by atoms with Crippen LogP contribution in [-0.4, -0.2) is 12.6 Å². The Kier molecular flexibility index (Phi) is 4.06. The van der Waals surface area contributed by atoms with Crippen LogP contribution in [0.15, 0.2) is 90.2 Å². The number of allylic oxidation sites excluding steroid dienone is 1. The predicted octanol–water partition coefficient (Wildman–Crippen LogP) is 5.56. The van der Waals surface area contributed by atoms with Crippen LogP contribution in [0.2, 0.25) is 0 Å². The van der Waals surface area contributed by atoms with Gasteiger partial charge in [0.15, 0.2) is 5.60 Å². The molecule has 0 radical (unpaired) electrons. The molecule has 1 aliphatic carbocycles. The molecule has 3 nitrogen and oxygen atoms in total. The zero-order valence-corrected chi connectivity index (χ0v) is 16.5. The normalized spacial score (nSPS) is 18.3. The number of carbonyl (C=O) groups is 1. The van der Waals surface area contributed by atoms with Crippen molar-refractivity contribution in [1.82, 2.24) is 0 Å². The Morgan fingerprint density at radius 3 is 2.03 bits per heavy atom. The van der Waals surface area contributed by atoms with Gasteiger partial charge in [0, 0.05) is 11.1 Å². The average molecular weight is 382 g/mol. The van der Waals surface area contributed by atoms with Crippen LogP contribution in [0, 0.1) is 0 Å². The number of ether oxygens (including phenoxy) is 2. The van der Waals surface area contributed by atoms with E-state index >= 15 is 0 Å². The molecule has 3 heteroatoms. The minimum atomic E-state index is -0.777. The molecule has 0 aromatic heterocycles. The summed E-state index contributed by atoms with van der Waals surface area (Å²) < 4.78 is 12.1. The quantitative estimate of drug-likeness (QED) is 0.556. The van der Waals surface area contributed by atoms with E-state index in [4.69, 9.17) is 9.47 Å². The van der Waals surface area contributed by atoms with Crippen molar-refractivity contribution in [2.24, 2.45) is 0 Å². The first-order valence-corrected chi connectivity index (χ1v) is 9.99. The van der Waals surface area contributed by atoms with Gasteiger partial charge in [-0.2, -0.15) is 0 Å². The third-order valence-electron chi connectivity index (χ3n) is 5.96. The lowest BCUT2D eigenvalue weighted by Gasteiger charge is -2.34. The van der Waals surface area contributed by atoms with E-state index in [2.05, 4.69) is 36.4 Å². The second-order valence-corrected chi connectivity index (χ2v) is 7.46. The average Bonchev–Trinajstić information content (AvgIpc) is 3.22. The molecule has 1 heterocycles. The SMILES string of the molecule is CCOC(=O)C1=C(C)OC2(c3ccccc3-c3ccccc32)C1c1ccccc1. The number of carbonyl (C=O) groups excluding carboxylic acids is 1. The van der Waals surface area contributed by atoms with E-state index in [1.54, 1.807) is 0 Å². The lowest BCUT2D eigenvalue weighted by Crippen LogP contribution is -2.33. The van der Waals surface area contributed by atoms with Crippen LogP contribution in [0.1, 0.15) is 36.5 Å². The second-order valence-electron chi connectivity index (χ2n) is 7.46. The van der Waals surface area contributed by atoms with Crippen LogP contribution < -0.4 is 0 Å². The van der Waals surface area contributed by atoms with Crippen molar-refractivity contribution in [1.29, 1.82) is 0 Å². The monoisotopic (exact) mass is 382 g/mol. The zero-order valence-electron chi connectivity index (χ0n) is 16.5. The summed E-state index contributed by atoms with van der Waals surface area (Å²) in [4.78, 5) is 13.0. The van der Waals surface area contributed by atoms with Crippen molar-refractivity contribution in [2.45, 2.75) is 25.4 Å². The number of hydrogen-bond acceptors (Lipinski definition) is 3. The summed E-state index contributed by atoms with van der Waals surface area (Å²) in [6.07, 6.45) is 0. The summed E-state index contributed by atoms with van der Waals surface area (Å²) in [7, 11) is 0. The van der Waals surface area contributed by atoms with E-state index in [0.29, 0.717) is 17.9 Å². The maximum atomic E-state index is 13.0. The molecule has 0 fully saturated rings. The number of hydrogen-bond donors (Lipinski definition) is 0. The van der Waals surface area contributed by atoms with Gasteiger partial charge in [0.25, 0.3) is 0 Å². The highest BCUT2D eigenvalue weighted by Crippen LogP contribution is 2.62. The topological polar surface area (TPSA) is 35.5 Å². The maximum absolute atomic E-state index is 13.0. The van der Waals surface area contributed by atoms with Crippen molar-refractivity contribution in [2.75, 3.05) is 6.61 Å². The highest BCUT2D eigenvalue weighted by atomic mass is 16.5. The summed E-state index contributed by atoms with van der Waals surface area (Å²) in [6, 6.07) is 26.8. The van der Waals surface area contributed by atoms with Gasteiger partial charge in [-0.25, -0.2) is 4.79 Å². The molecule has 0 saturated heterocycles. The fourth-order valence-corrected chi connectivity index (χ4v) is 4.93. The smallest absolute Gasteiger partial charge is 0.338 e. The number of esters is 1. The first-order valence-electron chi connectivity index (χ1n) is 9.99. The van der Waals surface area contributed by atoms with Gasteiger partial charge in [-0.3, -0.25) is 0 Å². The Bertz CT molecular complexity index is 1080. The van der Waals surface area contributed by atoms with Gasteiger partial charge in [-0.15, -0.1) is 0 Å². The molecule has 5 rings (SSSR count). The summed E-state index contributed by atoms with van der Waals surface area (Å²) in [5, 5.41) is 0. The van der Waals surface area contributed by atoms with E-state index in [-0.39, 0.29) is 11.9 Å². The Labute approximate surface area is 170 Å². The van der Waals surface area contributed by atoms with Gasteiger partial charge in [-0.05, 0) is 30.5 Å². The molecule has 0 bridgehead atoms. The van der Waals surface area contributed by atoms with Gasteiger partial charge in [0.05, 0.1) is 18.1 Å². The fourth-order valence-electron chi connectivity index (χ4n) is 4.93. The minimum absolute atomic E-state index is 0.285. The molecule has 0 saturated carbocycles. The van der Waals surface area contributed by atoms with Crippen molar-refractivity contribution in [3.8, 4) is 11.1 Å². The molecule has 0 N–H and O–H groups in total. The van der Waals surface area contributed by atoms with Gasteiger partial charge < -0.3 is 9.47 Å². The van der Waals surface area contributed by atoms with E-state index in [1.165, 1.54) is 0 Å². The van der Waals surface area contributed by atoms with Crippen LogP contribution in [0.5, 0.6) is 0 Å². The van der Waals surface area contributed by atoms with Gasteiger partial charge in [0.2, 0.25) is 0 Å². The van der Waals surface area contributed by atoms with Crippen LogP contribution in [0.4, 0.5) is 0 Å². The van der Waals surface area contributed by atoms with E-state index in [9.17, 15) is 4.79 Å². The zero-order chi connectivity index (χ0) is 20.0. The summed E-state index contributed by atoms with van der Waals surface area (Å²) in [5.74, 6) is 0.0361. The molecule has 1 spiro atoms. The van der Waals surface area contributed by atoms with Crippen LogP contribution in [-0.2, 0) is 19.9 Å². The highest BCUT2D eigenvalue weighted by molar-refractivity contribution is 5.94. The third kappa shape index (κ3) is 2.40. The van der Waals surface area contributed by atoms with Crippen molar-refractivity contribution in [3.05, 3.63) is 107 Å². The van der Waals surface area contributed by atoms with Crippen LogP contribution in [0.25, 0.3) is 11.1 Å². The van der Waals surface area contributed by atoms with Gasteiger partial charge >= 0.3 is 5.97 Å². The van der Waals surface area contributed by atoms with E-state index in [1.807, 2.05) is 56.3 Å². The molecular formula is C26H22O3.